The zero-order valence-corrected chi connectivity index (χ0v) is 10.6. The molecule has 0 radical (unpaired) electrons. The van der Waals surface area contributed by atoms with Crippen LogP contribution in [0.1, 0.15) is 18.4 Å². The Balaban J connectivity index is 1.90. The first-order valence-electron chi connectivity index (χ1n) is 6.43. The number of benzene rings is 1. The van der Waals surface area contributed by atoms with Gasteiger partial charge in [0.2, 0.25) is 0 Å². The van der Waals surface area contributed by atoms with Gasteiger partial charge in [-0.3, -0.25) is 4.90 Å². The number of rotatable bonds is 6. The van der Waals surface area contributed by atoms with Gasteiger partial charge in [-0.2, -0.15) is 0 Å². The van der Waals surface area contributed by atoms with E-state index in [2.05, 4.69) is 30.1 Å². The van der Waals surface area contributed by atoms with E-state index in [1.807, 2.05) is 6.07 Å². The van der Waals surface area contributed by atoms with Gasteiger partial charge in [-0.25, -0.2) is 0 Å². The highest BCUT2D eigenvalue weighted by atomic mass is 16.5. The van der Waals surface area contributed by atoms with Crippen LogP contribution in [0.2, 0.25) is 0 Å². The summed E-state index contributed by atoms with van der Waals surface area (Å²) >= 11 is 0. The Kier molecular flexibility index (Phi) is 4.40. The van der Waals surface area contributed by atoms with E-state index in [9.17, 15) is 0 Å². The molecular weight excluding hydrogens is 212 g/mol. The van der Waals surface area contributed by atoms with Crippen LogP contribution in [0.25, 0.3) is 0 Å². The van der Waals surface area contributed by atoms with Gasteiger partial charge in [0.15, 0.2) is 0 Å². The maximum atomic E-state index is 6.01. The lowest BCUT2D eigenvalue weighted by atomic mass is 10.1. The number of aryl methyl sites for hydroxylation is 1. The van der Waals surface area contributed by atoms with Crippen molar-refractivity contribution in [2.24, 2.45) is 5.73 Å². The number of ether oxygens (including phenoxy) is 1. The number of hydrogen-bond donors (Lipinski definition) is 1. The fourth-order valence-corrected chi connectivity index (χ4v) is 2.18. The van der Waals surface area contributed by atoms with Gasteiger partial charge in [0, 0.05) is 13.1 Å². The summed E-state index contributed by atoms with van der Waals surface area (Å²) in [7, 11) is 2.12. The third-order valence-electron chi connectivity index (χ3n) is 3.20. The Bertz CT molecular complexity index is 348. The second-order valence-corrected chi connectivity index (χ2v) is 4.81. The van der Waals surface area contributed by atoms with Gasteiger partial charge in [0.1, 0.15) is 11.9 Å². The number of hydrogen-bond acceptors (Lipinski definition) is 3. The fraction of sp³-hybridized carbons (Fsp3) is 0.571. The Morgan fingerprint density at radius 3 is 2.76 bits per heavy atom. The first kappa shape index (κ1) is 12.4. The first-order valence-corrected chi connectivity index (χ1v) is 6.43. The van der Waals surface area contributed by atoms with Crippen molar-refractivity contribution in [2.45, 2.75) is 25.4 Å². The van der Waals surface area contributed by atoms with Gasteiger partial charge in [-0.15, -0.1) is 0 Å². The predicted octanol–water partition coefficient (Wildman–Crippen LogP) is 1.66. The summed E-state index contributed by atoms with van der Waals surface area (Å²) in [5.41, 5.74) is 6.84. The highest BCUT2D eigenvalue weighted by molar-refractivity contribution is 5.33. The smallest absolute Gasteiger partial charge is 0.124 e. The number of likely N-dealkylation sites (N-methyl/N-ethyl adjacent to an activating group) is 1. The van der Waals surface area contributed by atoms with Crippen molar-refractivity contribution in [3.63, 3.8) is 0 Å². The molecule has 0 amide bonds. The molecule has 1 aromatic rings. The number of nitrogens with zero attached hydrogens (tertiary/aromatic N) is 1. The summed E-state index contributed by atoms with van der Waals surface area (Å²) in [4.78, 5) is 2.27. The molecule has 0 spiro atoms. The van der Waals surface area contributed by atoms with Crippen LogP contribution in [0.5, 0.6) is 5.75 Å². The lowest BCUT2D eigenvalue weighted by molar-refractivity contribution is 0.0381. The molecule has 0 aliphatic carbocycles. The summed E-state index contributed by atoms with van der Waals surface area (Å²) in [6.45, 7) is 2.85. The SMILES string of the molecule is CN1CC(Oc2ccccc2CCCCN)C1. The Labute approximate surface area is 104 Å². The van der Waals surface area contributed by atoms with E-state index >= 15 is 0 Å². The largest absolute Gasteiger partial charge is 0.487 e. The van der Waals surface area contributed by atoms with Crippen molar-refractivity contribution in [3.8, 4) is 5.75 Å². The second-order valence-electron chi connectivity index (χ2n) is 4.81. The standard InChI is InChI=1S/C14H22N2O/c1-16-10-13(11-16)17-14-8-3-2-6-12(14)7-4-5-9-15/h2-3,6,8,13H,4-5,7,9-11,15H2,1H3. The maximum Gasteiger partial charge on any atom is 0.124 e. The number of para-hydroxylation sites is 1. The molecule has 2 N–H and O–H groups in total. The average Bonchev–Trinajstić information content (AvgIpc) is 2.29. The van der Waals surface area contributed by atoms with Gasteiger partial charge >= 0.3 is 0 Å². The van der Waals surface area contributed by atoms with Crippen LogP contribution in [0.3, 0.4) is 0 Å². The molecule has 1 aromatic carbocycles. The summed E-state index contributed by atoms with van der Waals surface area (Å²) in [6, 6.07) is 8.37. The summed E-state index contributed by atoms with van der Waals surface area (Å²) in [5.74, 6) is 1.06. The fourth-order valence-electron chi connectivity index (χ4n) is 2.18. The van der Waals surface area contributed by atoms with Gasteiger partial charge in [-0.05, 0) is 44.5 Å². The molecule has 94 valence electrons. The highest BCUT2D eigenvalue weighted by Gasteiger charge is 2.25. The van der Waals surface area contributed by atoms with Crippen LogP contribution in [-0.2, 0) is 6.42 Å². The van der Waals surface area contributed by atoms with Crippen molar-refractivity contribution in [2.75, 3.05) is 26.7 Å². The topological polar surface area (TPSA) is 38.5 Å². The normalized spacial score (nSPS) is 16.8. The van der Waals surface area contributed by atoms with Gasteiger partial charge < -0.3 is 10.5 Å². The third kappa shape index (κ3) is 3.45. The van der Waals surface area contributed by atoms with Crippen LogP contribution in [-0.4, -0.2) is 37.7 Å². The lowest BCUT2D eigenvalue weighted by Crippen LogP contribution is -2.51. The summed E-state index contributed by atoms with van der Waals surface area (Å²) in [6.07, 6.45) is 3.66. The second kappa shape index (κ2) is 6.03. The number of likely N-dealkylation sites (tertiary alicyclic amines) is 1. The van der Waals surface area contributed by atoms with E-state index in [0.717, 1.165) is 44.6 Å². The van der Waals surface area contributed by atoms with Crippen LogP contribution < -0.4 is 10.5 Å². The Morgan fingerprint density at radius 2 is 2.06 bits per heavy atom. The van der Waals surface area contributed by atoms with E-state index in [0.29, 0.717) is 6.10 Å². The van der Waals surface area contributed by atoms with E-state index in [1.54, 1.807) is 0 Å². The molecule has 0 unspecified atom stereocenters. The Morgan fingerprint density at radius 1 is 1.29 bits per heavy atom. The maximum absolute atomic E-state index is 6.01. The highest BCUT2D eigenvalue weighted by Crippen LogP contribution is 2.23. The summed E-state index contributed by atoms with van der Waals surface area (Å²) in [5, 5.41) is 0. The number of nitrogens with two attached hydrogens (primary N) is 1. The molecule has 17 heavy (non-hydrogen) atoms. The molecule has 0 bridgehead atoms. The van der Waals surface area contributed by atoms with Crippen molar-refractivity contribution >= 4 is 0 Å². The molecular formula is C14H22N2O. The molecule has 0 aromatic heterocycles. The van der Waals surface area contributed by atoms with Crippen LogP contribution >= 0.6 is 0 Å². The molecule has 1 heterocycles. The van der Waals surface area contributed by atoms with Crippen molar-refractivity contribution < 1.29 is 4.74 Å². The van der Waals surface area contributed by atoms with Crippen LogP contribution in [0.15, 0.2) is 24.3 Å². The zero-order chi connectivity index (χ0) is 12.1. The van der Waals surface area contributed by atoms with Gasteiger partial charge in [-0.1, -0.05) is 18.2 Å². The molecule has 0 saturated carbocycles. The first-order chi connectivity index (χ1) is 8.29. The van der Waals surface area contributed by atoms with Crippen molar-refractivity contribution in [1.29, 1.82) is 0 Å². The van der Waals surface area contributed by atoms with E-state index in [4.69, 9.17) is 10.5 Å². The molecule has 1 fully saturated rings. The summed E-state index contributed by atoms with van der Waals surface area (Å²) < 4.78 is 6.01. The molecule has 1 saturated heterocycles. The molecule has 1 aliphatic rings. The molecule has 0 atom stereocenters. The average molecular weight is 234 g/mol. The van der Waals surface area contributed by atoms with E-state index < -0.39 is 0 Å². The van der Waals surface area contributed by atoms with Gasteiger partial charge in [0.25, 0.3) is 0 Å². The minimum absolute atomic E-state index is 0.371. The molecule has 2 rings (SSSR count). The predicted molar refractivity (Wildman–Crippen MR) is 70.3 cm³/mol. The number of unbranched alkanes of at least 4 members (excludes halogenated alkanes) is 1. The lowest BCUT2D eigenvalue weighted by Gasteiger charge is -2.36. The minimum Gasteiger partial charge on any atom is -0.487 e. The van der Waals surface area contributed by atoms with Gasteiger partial charge in [0.05, 0.1) is 0 Å². The van der Waals surface area contributed by atoms with Crippen molar-refractivity contribution in [3.05, 3.63) is 29.8 Å². The zero-order valence-electron chi connectivity index (χ0n) is 10.6. The monoisotopic (exact) mass is 234 g/mol. The molecule has 1 aliphatic heterocycles. The quantitative estimate of drug-likeness (QED) is 0.761. The third-order valence-corrected chi connectivity index (χ3v) is 3.20. The van der Waals surface area contributed by atoms with Crippen LogP contribution in [0, 0.1) is 0 Å². The minimum atomic E-state index is 0.371. The van der Waals surface area contributed by atoms with E-state index in [-0.39, 0.29) is 0 Å². The van der Waals surface area contributed by atoms with Crippen molar-refractivity contribution in [1.82, 2.24) is 4.90 Å². The molecule has 3 nitrogen and oxygen atoms in total. The Hall–Kier alpha value is -1.06. The molecule has 3 heteroatoms. The van der Waals surface area contributed by atoms with Crippen LogP contribution in [0.4, 0.5) is 0 Å². The van der Waals surface area contributed by atoms with E-state index in [1.165, 1.54) is 5.56 Å².